The predicted octanol–water partition coefficient (Wildman–Crippen LogP) is -1.99. The summed E-state index contributed by atoms with van der Waals surface area (Å²) in [6, 6.07) is -2.97. The minimum atomic E-state index is -1.52. The van der Waals surface area contributed by atoms with Crippen LogP contribution in [0.4, 0.5) is 14.4 Å². The summed E-state index contributed by atoms with van der Waals surface area (Å²) in [6.07, 6.45) is 0.197. The average Bonchev–Trinajstić information content (AvgIpc) is 1.44. The number of rotatable bonds is 42. The van der Waals surface area contributed by atoms with Gasteiger partial charge in [0.15, 0.2) is 36.3 Å². The SMILES string of the molecule is C#CCOCCOCCOCCOCCC(=O)N(CCOCCNC(=O)O[C@@H]([C@@H]1OC(C(=O)OC)=C[C@H](N=C(N)N)[C@H]1NC(C)=O)[C@H]1COC(=O)O1)CCOCCOCCCCCO[C@@H]([C@@H]1OC(C(=O)OC)=C[C@H](N=C(N)N)[C@H]1C)[C@H]1COC(=O)O1. The van der Waals surface area contributed by atoms with Crippen LogP contribution < -0.4 is 33.6 Å². The van der Waals surface area contributed by atoms with Gasteiger partial charge in [0.2, 0.25) is 23.3 Å². The quantitative estimate of drug-likeness (QED) is 0.00962. The molecule has 0 saturated carbocycles. The van der Waals surface area contributed by atoms with Gasteiger partial charge >= 0.3 is 30.3 Å². The van der Waals surface area contributed by atoms with Crippen molar-refractivity contribution in [2.75, 3.05) is 146 Å². The summed E-state index contributed by atoms with van der Waals surface area (Å²) in [7, 11) is 2.31. The molecule has 0 unspecified atom stereocenters. The summed E-state index contributed by atoms with van der Waals surface area (Å²) in [5, 5.41) is 5.17. The second kappa shape index (κ2) is 40.0. The first-order valence-electron chi connectivity index (χ1n) is 27.8. The van der Waals surface area contributed by atoms with E-state index >= 15 is 0 Å². The number of nitrogens with two attached hydrogens (primary N) is 4. The first-order valence-corrected chi connectivity index (χ1v) is 27.8. The van der Waals surface area contributed by atoms with E-state index in [0.717, 1.165) is 7.11 Å². The highest BCUT2D eigenvalue weighted by Crippen LogP contribution is 2.33. The van der Waals surface area contributed by atoms with Gasteiger partial charge in [-0.2, -0.15) is 0 Å². The summed E-state index contributed by atoms with van der Waals surface area (Å²) in [6.45, 7) is 6.46. The lowest BCUT2D eigenvalue weighted by molar-refractivity contribution is -0.152. The second-order valence-electron chi connectivity index (χ2n) is 19.1. The second-order valence-corrected chi connectivity index (χ2v) is 19.1. The highest BCUT2D eigenvalue weighted by Gasteiger charge is 2.51. The fraction of sp³-hybridized carbons (Fsp3) is 0.717. The summed E-state index contributed by atoms with van der Waals surface area (Å²) in [4.78, 5) is 98.2. The maximum absolute atomic E-state index is 13.4. The van der Waals surface area contributed by atoms with E-state index in [1.54, 1.807) is 4.90 Å². The molecule has 0 spiro atoms. The van der Waals surface area contributed by atoms with Gasteiger partial charge < -0.3 is 119 Å². The monoisotopic (exact) mass is 1230 g/mol. The Hall–Kier alpha value is -7.45. The minimum absolute atomic E-state index is 0.0460. The van der Waals surface area contributed by atoms with Crippen molar-refractivity contribution in [3.8, 4) is 12.3 Å². The molecule has 0 radical (unpaired) electrons. The van der Waals surface area contributed by atoms with Crippen LogP contribution in [0.25, 0.3) is 0 Å². The van der Waals surface area contributed by atoms with Gasteiger partial charge in [0, 0.05) is 45.7 Å². The molecule has 0 aromatic heterocycles. The van der Waals surface area contributed by atoms with Gasteiger partial charge in [-0.15, -0.1) is 6.42 Å². The average molecular weight is 1230 g/mol. The lowest BCUT2D eigenvalue weighted by Gasteiger charge is -2.39. The Labute approximate surface area is 497 Å². The highest BCUT2D eigenvalue weighted by atomic mass is 16.8. The van der Waals surface area contributed by atoms with Gasteiger partial charge in [-0.25, -0.2) is 34.0 Å². The van der Waals surface area contributed by atoms with Crippen molar-refractivity contribution in [3.63, 3.8) is 0 Å². The number of amides is 3. The number of carbonyl (C=O) groups is 7. The zero-order chi connectivity index (χ0) is 62.6. The number of aliphatic imine (C=N–C) groups is 2. The molecule has 0 aromatic carbocycles. The van der Waals surface area contributed by atoms with Gasteiger partial charge in [0.05, 0.1) is 118 Å². The number of hydrogen-bond acceptors (Lipinski definition) is 26. The van der Waals surface area contributed by atoms with Crippen LogP contribution in [-0.4, -0.2) is 260 Å². The van der Waals surface area contributed by atoms with Crippen LogP contribution in [0.15, 0.2) is 33.7 Å². The van der Waals surface area contributed by atoms with Gasteiger partial charge in [0.1, 0.15) is 32.0 Å². The molecular formula is C53H83N9O24. The molecule has 484 valence electrons. The number of nitrogens with one attached hydrogen (secondary N) is 2. The van der Waals surface area contributed by atoms with Crippen LogP contribution in [-0.2, 0) is 99.7 Å². The van der Waals surface area contributed by atoms with Gasteiger partial charge in [-0.05, 0) is 31.4 Å². The van der Waals surface area contributed by atoms with Crippen LogP contribution in [0.2, 0.25) is 0 Å². The summed E-state index contributed by atoms with van der Waals surface area (Å²) < 4.78 is 93.3. The molecule has 2 saturated heterocycles. The van der Waals surface area contributed by atoms with Gasteiger partial charge in [0.25, 0.3) is 0 Å². The third-order valence-electron chi connectivity index (χ3n) is 12.8. The van der Waals surface area contributed by atoms with E-state index in [0.29, 0.717) is 52.3 Å². The molecule has 33 nitrogen and oxygen atoms in total. The Morgan fingerprint density at radius 3 is 1.70 bits per heavy atom. The van der Waals surface area contributed by atoms with Crippen LogP contribution >= 0.6 is 0 Å². The molecule has 33 heteroatoms. The Morgan fingerprint density at radius 1 is 0.651 bits per heavy atom. The van der Waals surface area contributed by atoms with E-state index in [4.69, 9.17) is 110 Å². The molecule has 4 heterocycles. The number of ether oxygens (including phenoxy) is 17. The largest absolute Gasteiger partial charge is 0.508 e. The number of methoxy groups -OCH3 is 2. The molecule has 86 heavy (non-hydrogen) atoms. The van der Waals surface area contributed by atoms with E-state index < -0.39 is 103 Å². The first kappa shape index (κ1) is 71.0. The lowest BCUT2D eigenvalue weighted by Crippen LogP contribution is -2.61. The van der Waals surface area contributed by atoms with Crippen molar-refractivity contribution >= 4 is 54.1 Å². The minimum Gasteiger partial charge on any atom is -0.480 e. The Bertz CT molecular complexity index is 2310. The standard InChI is InChI=1S/C53H83N9O24/c1-6-14-72-21-25-77-27-28-78-26-23-74-17-10-41(64)62(12-19-75-18-11-58-51(67)86-45(40-32-81-53(69)85-40)46-42(59-34(3)63)36(61-50(56)57)30-38(83-46)48(66)71-5)13-20-76-24-22-73-15-8-7-9-16-79-44(39-31-80-52(68)84-39)43-33(2)35(60-49(54)55)29-37(82-43)47(65)70-4/h1,29-30,33,35-36,39-40,42-46H,7-28,31-32H2,2-5H3,(H,58,67)(H,59,63)(H4,54,55,60)(H4,56,57,61)/t33-,35+,36+,39-,40-,42-,43-,44-,45-,46-/m1/s1. The summed E-state index contributed by atoms with van der Waals surface area (Å²) in [5.74, 6) is -1.61. The molecule has 10 atom stereocenters. The fourth-order valence-electron chi connectivity index (χ4n) is 8.71. The Balaban J connectivity index is 1.22. The number of cyclic esters (lactones) is 4. The Morgan fingerprint density at radius 2 is 1.15 bits per heavy atom. The lowest BCUT2D eigenvalue weighted by atomic mass is 9.87. The number of nitrogens with zero attached hydrogens (tertiary/aromatic N) is 3. The van der Waals surface area contributed by atoms with Gasteiger partial charge in [-0.3, -0.25) is 9.59 Å². The maximum Gasteiger partial charge on any atom is 0.508 e. The zero-order valence-corrected chi connectivity index (χ0v) is 48.9. The smallest absolute Gasteiger partial charge is 0.480 e. The van der Waals surface area contributed by atoms with Crippen molar-refractivity contribution in [1.29, 1.82) is 0 Å². The van der Waals surface area contributed by atoms with Crippen LogP contribution in [0, 0.1) is 18.3 Å². The topological polar surface area (TPSA) is 433 Å². The van der Waals surface area contributed by atoms with E-state index in [-0.39, 0.29) is 129 Å². The van der Waals surface area contributed by atoms with Crippen LogP contribution in [0.5, 0.6) is 0 Å². The van der Waals surface area contributed by atoms with E-state index in [1.807, 2.05) is 6.92 Å². The number of carbonyl (C=O) groups excluding carboxylic acids is 7. The molecular weight excluding hydrogens is 1150 g/mol. The molecule has 2 fully saturated rings. The molecule has 10 N–H and O–H groups in total. The summed E-state index contributed by atoms with van der Waals surface area (Å²) >= 11 is 0. The molecule has 0 aromatic rings. The third-order valence-corrected chi connectivity index (χ3v) is 12.8. The normalized spacial score (nSPS) is 22.0. The highest BCUT2D eigenvalue weighted by molar-refractivity contribution is 5.87. The van der Waals surface area contributed by atoms with Crippen LogP contribution in [0.1, 0.15) is 39.5 Å². The molecule has 0 bridgehead atoms. The molecule has 0 aliphatic carbocycles. The number of terminal acetylenes is 1. The molecule has 4 aliphatic heterocycles. The van der Waals surface area contributed by atoms with Crippen molar-refractivity contribution in [3.05, 3.63) is 23.7 Å². The number of alkyl carbamates (subject to hydrolysis) is 1. The van der Waals surface area contributed by atoms with Crippen LogP contribution in [0.3, 0.4) is 0 Å². The molecule has 4 aliphatic rings. The third kappa shape index (κ3) is 26.0. The van der Waals surface area contributed by atoms with Gasteiger partial charge in [-0.1, -0.05) is 12.8 Å². The number of unbranched alkanes of at least 4 members (excludes halogenated alkanes) is 2. The van der Waals surface area contributed by atoms with Crippen molar-refractivity contribution in [1.82, 2.24) is 15.5 Å². The van der Waals surface area contributed by atoms with Crippen molar-refractivity contribution in [2.45, 2.75) is 94.3 Å². The summed E-state index contributed by atoms with van der Waals surface area (Å²) in [5.41, 5.74) is 22.7. The van der Waals surface area contributed by atoms with E-state index in [1.165, 1.54) is 26.2 Å². The van der Waals surface area contributed by atoms with E-state index in [2.05, 4.69) is 26.5 Å². The predicted molar refractivity (Wildman–Crippen MR) is 296 cm³/mol. The fourth-order valence-corrected chi connectivity index (χ4v) is 8.71. The number of guanidine groups is 2. The number of esters is 2. The van der Waals surface area contributed by atoms with Crippen molar-refractivity contribution < 1.29 is 114 Å². The van der Waals surface area contributed by atoms with Crippen molar-refractivity contribution in [2.24, 2.45) is 38.8 Å². The van der Waals surface area contributed by atoms with E-state index in [9.17, 15) is 33.6 Å². The zero-order valence-electron chi connectivity index (χ0n) is 48.9. The first-order chi connectivity index (χ1) is 41.4. The number of hydrogen-bond donors (Lipinski definition) is 6. The molecule has 4 rings (SSSR count). The maximum atomic E-state index is 13.4. The molecule has 3 amide bonds. The Kier molecular flexibility index (Phi) is 33.1.